The summed E-state index contributed by atoms with van der Waals surface area (Å²) in [5.74, 6) is 0.751. The Morgan fingerprint density at radius 3 is 2.53 bits per heavy atom. The highest BCUT2D eigenvalue weighted by Crippen LogP contribution is 2.12. The zero-order chi connectivity index (χ0) is 14.3. The Balaban J connectivity index is 2.50. The lowest BCUT2D eigenvalue weighted by Crippen LogP contribution is -2.41. The number of hydrogen-bond donors (Lipinski definition) is 2. The third kappa shape index (κ3) is 5.66. The second-order valence-corrected chi connectivity index (χ2v) is 5.96. The molecule has 1 unspecified atom stereocenters. The minimum atomic E-state index is -0.845. The first-order valence-corrected chi connectivity index (χ1v) is 7.96. The van der Waals surface area contributed by atoms with Gasteiger partial charge >= 0.3 is 0 Å². The van der Waals surface area contributed by atoms with Crippen LogP contribution >= 0.6 is 11.8 Å². The molecule has 1 amide bonds. The van der Waals surface area contributed by atoms with Gasteiger partial charge in [-0.3, -0.25) is 4.79 Å². The van der Waals surface area contributed by atoms with Gasteiger partial charge in [-0.05, 0) is 49.5 Å². The summed E-state index contributed by atoms with van der Waals surface area (Å²) in [5, 5.41) is 12.9. The van der Waals surface area contributed by atoms with Crippen molar-refractivity contribution in [3.05, 3.63) is 35.4 Å². The van der Waals surface area contributed by atoms with E-state index in [1.807, 2.05) is 30.5 Å². The van der Waals surface area contributed by atoms with Gasteiger partial charge in [0.15, 0.2) is 0 Å². The standard InChI is InChI=1S/C15H23NO2S/c1-4-12-5-7-13(8-6-12)14(17)16-11-15(2,18)9-10-19-3/h5-8,18H,4,9-11H2,1-3H3,(H,16,17). The van der Waals surface area contributed by atoms with Crippen LogP contribution in [0.15, 0.2) is 24.3 Å². The number of benzene rings is 1. The SMILES string of the molecule is CCc1ccc(C(=O)NCC(C)(O)CCSC)cc1. The van der Waals surface area contributed by atoms with Crippen molar-refractivity contribution >= 4 is 17.7 Å². The van der Waals surface area contributed by atoms with Crippen molar-refractivity contribution in [3.8, 4) is 0 Å². The van der Waals surface area contributed by atoms with Crippen molar-refractivity contribution in [3.63, 3.8) is 0 Å². The van der Waals surface area contributed by atoms with E-state index in [-0.39, 0.29) is 12.5 Å². The first-order valence-electron chi connectivity index (χ1n) is 6.57. The molecule has 2 N–H and O–H groups in total. The minimum Gasteiger partial charge on any atom is -0.388 e. The van der Waals surface area contributed by atoms with Gasteiger partial charge in [-0.1, -0.05) is 19.1 Å². The van der Waals surface area contributed by atoms with Gasteiger partial charge < -0.3 is 10.4 Å². The van der Waals surface area contributed by atoms with E-state index >= 15 is 0 Å². The molecule has 0 spiro atoms. The van der Waals surface area contributed by atoms with Gasteiger partial charge in [-0.25, -0.2) is 0 Å². The second kappa shape index (κ2) is 7.56. The molecule has 19 heavy (non-hydrogen) atoms. The van der Waals surface area contributed by atoms with Crippen LogP contribution in [-0.2, 0) is 6.42 Å². The number of nitrogens with one attached hydrogen (secondary N) is 1. The fourth-order valence-corrected chi connectivity index (χ4v) is 2.32. The number of aryl methyl sites for hydroxylation is 1. The summed E-state index contributed by atoms with van der Waals surface area (Å²) in [7, 11) is 0. The van der Waals surface area contributed by atoms with Crippen LogP contribution in [0.5, 0.6) is 0 Å². The average Bonchev–Trinajstić information content (AvgIpc) is 2.43. The Labute approximate surface area is 119 Å². The Morgan fingerprint density at radius 2 is 2.00 bits per heavy atom. The molecule has 1 rings (SSSR count). The van der Waals surface area contributed by atoms with E-state index in [0.29, 0.717) is 12.0 Å². The monoisotopic (exact) mass is 281 g/mol. The van der Waals surface area contributed by atoms with E-state index in [1.54, 1.807) is 18.7 Å². The zero-order valence-corrected chi connectivity index (χ0v) is 12.7. The summed E-state index contributed by atoms with van der Waals surface area (Å²) in [6.45, 7) is 4.11. The first-order chi connectivity index (χ1) is 8.98. The molecule has 1 atom stereocenters. The highest BCUT2D eigenvalue weighted by atomic mass is 32.2. The topological polar surface area (TPSA) is 49.3 Å². The van der Waals surface area contributed by atoms with Crippen molar-refractivity contribution < 1.29 is 9.90 Å². The van der Waals surface area contributed by atoms with Crippen LogP contribution in [0.1, 0.15) is 36.2 Å². The summed E-state index contributed by atoms with van der Waals surface area (Å²) < 4.78 is 0. The molecule has 0 aromatic heterocycles. The van der Waals surface area contributed by atoms with Crippen LogP contribution in [0.2, 0.25) is 0 Å². The molecule has 0 saturated heterocycles. The highest BCUT2D eigenvalue weighted by Gasteiger charge is 2.20. The lowest BCUT2D eigenvalue weighted by molar-refractivity contribution is 0.0528. The smallest absolute Gasteiger partial charge is 0.251 e. The van der Waals surface area contributed by atoms with Crippen LogP contribution in [0.25, 0.3) is 0 Å². The predicted octanol–water partition coefficient (Wildman–Crippen LogP) is 2.48. The van der Waals surface area contributed by atoms with Gasteiger partial charge in [0.25, 0.3) is 5.91 Å². The van der Waals surface area contributed by atoms with Crippen LogP contribution < -0.4 is 5.32 Å². The lowest BCUT2D eigenvalue weighted by Gasteiger charge is -2.23. The molecule has 0 aliphatic rings. The molecule has 0 heterocycles. The second-order valence-electron chi connectivity index (χ2n) is 4.97. The largest absolute Gasteiger partial charge is 0.388 e. The summed E-state index contributed by atoms with van der Waals surface area (Å²) in [6, 6.07) is 7.57. The maximum atomic E-state index is 11.9. The summed E-state index contributed by atoms with van der Waals surface area (Å²) in [4.78, 5) is 11.9. The molecule has 3 nitrogen and oxygen atoms in total. The lowest BCUT2D eigenvalue weighted by atomic mass is 10.0. The third-order valence-corrected chi connectivity index (χ3v) is 3.71. The summed E-state index contributed by atoms with van der Waals surface area (Å²) in [5.41, 5.74) is 1.00. The average molecular weight is 281 g/mol. The Hall–Kier alpha value is -1.00. The van der Waals surface area contributed by atoms with Crippen molar-refractivity contribution in [2.75, 3.05) is 18.6 Å². The fraction of sp³-hybridized carbons (Fsp3) is 0.533. The predicted molar refractivity (Wildman–Crippen MR) is 81.8 cm³/mol. The molecule has 0 fully saturated rings. The number of aliphatic hydroxyl groups is 1. The molecule has 0 saturated carbocycles. The van der Waals surface area contributed by atoms with Gasteiger partial charge in [-0.2, -0.15) is 11.8 Å². The normalized spacial score (nSPS) is 13.9. The minimum absolute atomic E-state index is 0.132. The van der Waals surface area contributed by atoms with Crippen LogP contribution in [-0.4, -0.2) is 35.2 Å². The van der Waals surface area contributed by atoms with E-state index in [4.69, 9.17) is 0 Å². The van der Waals surface area contributed by atoms with E-state index in [9.17, 15) is 9.90 Å². The maximum Gasteiger partial charge on any atom is 0.251 e. The number of carbonyl (C=O) groups is 1. The van der Waals surface area contributed by atoms with Gasteiger partial charge in [0.2, 0.25) is 0 Å². The number of carbonyl (C=O) groups excluding carboxylic acids is 1. The molecule has 1 aromatic rings. The molecular formula is C15H23NO2S. The van der Waals surface area contributed by atoms with Crippen molar-refractivity contribution in [1.29, 1.82) is 0 Å². The number of rotatable bonds is 7. The van der Waals surface area contributed by atoms with Gasteiger partial charge in [-0.15, -0.1) is 0 Å². The fourth-order valence-electron chi connectivity index (χ4n) is 1.67. The van der Waals surface area contributed by atoms with E-state index in [2.05, 4.69) is 12.2 Å². The Kier molecular flexibility index (Phi) is 6.38. The Morgan fingerprint density at radius 1 is 1.37 bits per heavy atom. The quantitative estimate of drug-likeness (QED) is 0.807. The van der Waals surface area contributed by atoms with Crippen molar-refractivity contribution in [2.24, 2.45) is 0 Å². The zero-order valence-electron chi connectivity index (χ0n) is 11.9. The van der Waals surface area contributed by atoms with Gasteiger partial charge in [0.05, 0.1) is 5.60 Å². The van der Waals surface area contributed by atoms with Gasteiger partial charge in [0.1, 0.15) is 0 Å². The Bertz CT molecular complexity index is 401. The number of hydrogen-bond acceptors (Lipinski definition) is 3. The molecule has 1 aromatic carbocycles. The summed E-state index contributed by atoms with van der Waals surface area (Å²) >= 11 is 1.69. The maximum absolute atomic E-state index is 11.9. The number of thioether (sulfide) groups is 1. The molecule has 106 valence electrons. The van der Waals surface area contributed by atoms with Gasteiger partial charge in [0, 0.05) is 12.1 Å². The highest BCUT2D eigenvalue weighted by molar-refractivity contribution is 7.98. The molecule has 0 aliphatic heterocycles. The van der Waals surface area contributed by atoms with Crippen molar-refractivity contribution in [2.45, 2.75) is 32.3 Å². The molecule has 0 aliphatic carbocycles. The molecule has 0 radical (unpaired) electrons. The third-order valence-electron chi connectivity index (χ3n) is 3.10. The van der Waals surface area contributed by atoms with Crippen LogP contribution in [0.4, 0.5) is 0 Å². The van der Waals surface area contributed by atoms with E-state index in [1.165, 1.54) is 5.56 Å². The molecule has 4 heteroatoms. The number of amides is 1. The summed E-state index contributed by atoms with van der Waals surface area (Å²) in [6.07, 6.45) is 3.64. The first kappa shape index (κ1) is 16.1. The van der Waals surface area contributed by atoms with E-state index < -0.39 is 5.60 Å². The van der Waals surface area contributed by atoms with E-state index in [0.717, 1.165) is 12.2 Å². The van der Waals surface area contributed by atoms with Crippen molar-refractivity contribution in [1.82, 2.24) is 5.32 Å². The van der Waals surface area contributed by atoms with Crippen LogP contribution in [0, 0.1) is 0 Å². The molecular weight excluding hydrogens is 258 g/mol. The molecule has 0 bridgehead atoms. The van der Waals surface area contributed by atoms with Crippen LogP contribution in [0.3, 0.4) is 0 Å².